The Kier molecular flexibility index (Phi) is 1.65. The van der Waals surface area contributed by atoms with Gasteiger partial charge in [0.25, 0.3) is 0 Å². The smallest absolute Gasteiger partial charge is 0.243 e. The van der Waals surface area contributed by atoms with Crippen LogP contribution in [0.25, 0.3) is 0 Å². The van der Waals surface area contributed by atoms with E-state index in [1.165, 1.54) is 0 Å². The molecule has 0 spiro atoms. The second kappa shape index (κ2) is 2.55. The molecular weight excluding hydrogens is 156 g/mol. The lowest BCUT2D eigenvalue weighted by Gasteiger charge is -2.44. The molecule has 1 aliphatic carbocycles. The second-order valence-corrected chi connectivity index (χ2v) is 3.54. The Morgan fingerprint density at radius 2 is 2.50 bits per heavy atom. The van der Waals surface area contributed by atoms with E-state index >= 15 is 0 Å². The van der Waals surface area contributed by atoms with Crippen molar-refractivity contribution < 1.29 is 9.90 Å². The van der Waals surface area contributed by atoms with E-state index in [4.69, 9.17) is 5.11 Å². The number of fused-ring (bicyclic) bond motifs is 1. The highest BCUT2D eigenvalue weighted by Gasteiger charge is 2.48. The van der Waals surface area contributed by atoms with Crippen LogP contribution >= 0.6 is 0 Å². The lowest BCUT2D eigenvalue weighted by atomic mass is 9.62. The number of amides is 1. The minimum Gasteiger partial charge on any atom is -0.396 e. The zero-order chi connectivity index (χ0) is 8.72. The summed E-state index contributed by atoms with van der Waals surface area (Å²) < 4.78 is 0. The van der Waals surface area contributed by atoms with Gasteiger partial charge >= 0.3 is 0 Å². The number of carbonyl (C=O) groups is 1. The van der Waals surface area contributed by atoms with Crippen LogP contribution in [0.2, 0.25) is 0 Å². The Hall–Kier alpha value is -0.900. The molecule has 66 valence electrons. The summed E-state index contributed by atoms with van der Waals surface area (Å²) in [5, 5.41) is 12.8. The molecule has 0 bridgehead atoms. The van der Waals surface area contributed by atoms with Crippen molar-refractivity contribution >= 4 is 11.6 Å². The maximum absolute atomic E-state index is 11.2. The number of nitrogens with zero attached hydrogens (tertiary/aromatic N) is 1. The molecule has 1 saturated carbocycles. The number of hydrogen-bond acceptors (Lipinski definition) is 3. The first-order valence-corrected chi connectivity index (χ1v) is 4.19. The summed E-state index contributed by atoms with van der Waals surface area (Å²) in [6, 6.07) is 0. The average Bonchev–Trinajstić information content (AvgIpc) is 1.98. The van der Waals surface area contributed by atoms with Gasteiger partial charge in [-0.3, -0.25) is 4.79 Å². The van der Waals surface area contributed by atoms with E-state index in [1.54, 1.807) is 0 Å². The Morgan fingerprint density at radius 1 is 1.75 bits per heavy atom. The number of rotatable bonds is 1. The van der Waals surface area contributed by atoms with Gasteiger partial charge in [0.05, 0.1) is 0 Å². The maximum atomic E-state index is 11.2. The second-order valence-electron chi connectivity index (χ2n) is 3.54. The van der Waals surface area contributed by atoms with Crippen molar-refractivity contribution in [1.29, 1.82) is 0 Å². The summed E-state index contributed by atoms with van der Waals surface area (Å²) >= 11 is 0. The van der Waals surface area contributed by atoms with Crippen molar-refractivity contribution in [2.75, 3.05) is 6.61 Å². The molecule has 1 heterocycles. The number of carbonyl (C=O) groups excluding carboxylic acids is 1. The van der Waals surface area contributed by atoms with Crippen LogP contribution < -0.4 is 5.43 Å². The largest absolute Gasteiger partial charge is 0.396 e. The van der Waals surface area contributed by atoms with Gasteiger partial charge in [-0.15, -0.1) is 0 Å². The summed E-state index contributed by atoms with van der Waals surface area (Å²) in [6.45, 7) is 2.07. The van der Waals surface area contributed by atoms with Crippen molar-refractivity contribution in [3.63, 3.8) is 0 Å². The number of hydrogen-bond donors (Lipinski definition) is 2. The molecule has 0 aromatic heterocycles. The van der Waals surface area contributed by atoms with Gasteiger partial charge < -0.3 is 5.11 Å². The summed E-state index contributed by atoms with van der Waals surface area (Å²) in [4.78, 5) is 11.2. The van der Waals surface area contributed by atoms with Crippen LogP contribution in [0.1, 0.15) is 13.3 Å². The lowest BCUT2D eigenvalue weighted by molar-refractivity contribution is -0.133. The monoisotopic (exact) mass is 168 g/mol. The Bertz CT molecular complexity index is 249. The molecule has 12 heavy (non-hydrogen) atoms. The van der Waals surface area contributed by atoms with Gasteiger partial charge in [-0.05, 0) is 19.3 Å². The Labute approximate surface area is 70.7 Å². The van der Waals surface area contributed by atoms with Crippen molar-refractivity contribution in [1.82, 2.24) is 5.43 Å². The minimum absolute atomic E-state index is 0.00954. The molecule has 4 nitrogen and oxygen atoms in total. The van der Waals surface area contributed by atoms with Crippen LogP contribution in [0.15, 0.2) is 5.10 Å². The summed E-state index contributed by atoms with van der Waals surface area (Å²) in [5.74, 6) is 0.531. The minimum atomic E-state index is 0.00954. The third kappa shape index (κ3) is 0.876. The molecule has 1 aliphatic heterocycles. The van der Waals surface area contributed by atoms with Crippen LogP contribution in [0.3, 0.4) is 0 Å². The Morgan fingerprint density at radius 3 is 3.17 bits per heavy atom. The zero-order valence-corrected chi connectivity index (χ0v) is 6.95. The van der Waals surface area contributed by atoms with E-state index in [0.717, 1.165) is 12.1 Å². The molecule has 1 fully saturated rings. The van der Waals surface area contributed by atoms with Crippen LogP contribution in [-0.2, 0) is 4.79 Å². The SMILES string of the molecule is CC1=NNC(=O)[C@H]2C[C@H](CO)[C@@H]12. The standard InChI is InChI=1S/C8H12N2O2/c1-4-7-5(3-11)2-6(7)8(12)10-9-4/h5-7,11H,2-3H2,1H3,(H,10,12)/t5-,6+,7-/m1/s1. The van der Waals surface area contributed by atoms with E-state index in [0.29, 0.717) is 0 Å². The molecule has 0 unspecified atom stereocenters. The highest BCUT2D eigenvalue weighted by Crippen LogP contribution is 2.42. The lowest BCUT2D eigenvalue weighted by Crippen LogP contribution is -2.53. The number of hydrazone groups is 1. The van der Waals surface area contributed by atoms with Crippen LogP contribution in [0.4, 0.5) is 0 Å². The van der Waals surface area contributed by atoms with Gasteiger partial charge in [0, 0.05) is 24.2 Å². The molecule has 3 atom stereocenters. The number of aliphatic hydroxyl groups excluding tert-OH is 1. The molecule has 2 N–H and O–H groups in total. The molecule has 0 saturated heterocycles. The fraction of sp³-hybridized carbons (Fsp3) is 0.750. The maximum Gasteiger partial charge on any atom is 0.243 e. The average molecular weight is 168 g/mol. The van der Waals surface area contributed by atoms with Gasteiger partial charge in [-0.2, -0.15) is 5.10 Å². The highest BCUT2D eigenvalue weighted by molar-refractivity contribution is 5.96. The molecule has 1 amide bonds. The molecule has 2 rings (SSSR count). The summed E-state index contributed by atoms with van der Waals surface area (Å²) in [7, 11) is 0. The van der Waals surface area contributed by atoms with Gasteiger partial charge in [0.2, 0.25) is 5.91 Å². The quantitative estimate of drug-likeness (QED) is 0.566. The normalized spacial score (nSPS) is 39.3. The van der Waals surface area contributed by atoms with Crippen molar-refractivity contribution in [2.45, 2.75) is 13.3 Å². The van der Waals surface area contributed by atoms with Gasteiger partial charge in [0.1, 0.15) is 0 Å². The first-order valence-electron chi connectivity index (χ1n) is 4.19. The van der Waals surface area contributed by atoms with Crippen molar-refractivity contribution in [3.05, 3.63) is 0 Å². The molecular formula is C8H12N2O2. The highest BCUT2D eigenvalue weighted by atomic mass is 16.3. The molecule has 2 aliphatic rings. The molecule has 0 aromatic rings. The topological polar surface area (TPSA) is 61.7 Å². The Balaban J connectivity index is 2.18. The van der Waals surface area contributed by atoms with Crippen LogP contribution in [-0.4, -0.2) is 23.3 Å². The summed E-state index contributed by atoms with van der Waals surface area (Å²) in [5.41, 5.74) is 3.42. The predicted molar refractivity (Wildman–Crippen MR) is 43.4 cm³/mol. The van der Waals surface area contributed by atoms with E-state index < -0.39 is 0 Å². The third-order valence-corrected chi connectivity index (χ3v) is 2.89. The predicted octanol–water partition coefficient (Wildman–Crippen LogP) is -0.263. The van der Waals surface area contributed by atoms with Gasteiger partial charge in [-0.1, -0.05) is 0 Å². The van der Waals surface area contributed by atoms with E-state index in [-0.39, 0.29) is 30.3 Å². The number of nitrogens with one attached hydrogen (secondary N) is 1. The number of aliphatic hydroxyl groups is 1. The molecule has 0 aromatic carbocycles. The van der Waals surface area contributed by atoms with Crippen molar-refractivity contribution in [2.24, 2.45) is 22.9 Å². The van der Waals surface area contributed by atoms with E-state index in [2.05, 4.69) is 10.5 Å². The van der Waals surface area contributed by atoms with Crippen LogP contribution in [0, 0.1) is 17.8 Å². The van der Waals surface area contributed by atoms with E-state index in [9.17, 15) is 4.79 Å². The fourth-order valence-corrected chi connectivity index (χ4v) is 2.14. The first-order chi connectivity index (χ1) is 5.74. The van der Waals surface area contributed by atoms with Crippen LogP contribution in [0.5, 0.6) is 0 Å². The first kappa shape index (κ1) is 7.73. The van der Waals surface area contributed by atoms with Gasteiger partial charge in [-0.25, -0.2) is 5.43 Å². The third-order valence-electron chi connectivity index (χ3n) is 2.89. The molecule has 0 radical (unpaired) electrons. The molecule has 4 heteroatoms. The van der Waals surface area contributed by atoms with E-state index in [1.807, 2.05) is 6.92 Å². The van der Waals surface area contributed by atoms with Gasteiger partial charge in [0.15, 0.2) is 0 Å². The van der Waals surface area contributed by atoms with Crippen molar-refractivity contribution in [3.8, 4) is 0 Å². The summed E-state index contributed by atoms with van der Waals surface area (Å²) in [6.07, 6.45) is 0.805. The fourth-order valence-electron chi connectivity index (χ4n) is 2.14. The zero-order valence-electron chi connectivity index (χ0n) is 6.95.